The topological polar surface area (TPSA) is 314 Å². The van der Waals surface area contributed by atoms with Crippen LogP contribution in [0.25, 0.3) is 0 Å². The first-order valence-electron chi connectivity index (χ1n) is 37.1. The van der Waals surface area contributed by atoms with E-state index >= 15 is 0 Å². The highest BCUT2D eigenvalue weighted by atomic mass is 128. The molecular weight excluding hydrogens is 1660 g/mol. The first-order chi connectivity index (χ1) is 49.0. The molecule has 3 fully saturated rings. The molecule has 3 heterocycles. The van der Waals surface area contributed by atoms with Crippen molar-refractivity contribution < 1.29 is 120 Å². The minimum Gasteiger partial charge on any atom is -0.430 e. The van der Waals surface area contributed by atoms with E-state index in [-0.39, 0.29) is 92.4 Å². The zero-order valence-corrected chi connectivity index (χ0v) is 67.8. The van der Waals surface area contributed by atoms with E-state index in [0.29, 0.717) is 144 Å². The van der Waals surface area contributed by atoms with E-state index in [2.05, 4.69) is 65.6 Å². The van der Waals surface area contributed by atoms with Gasteiger partial charge in [0.1, 0.15) is 6.61 Å². The van der Waals surface area contributed by atoms with Crippen LogP contribution in [-0.2, 0) is 105 Å². The van der Waals surface area contributed by atoms with Crippen LogP contribution in [0.4, 0.5) is 9.59 Å². The van der Waals surface area contributed by atoms with Crippen molar-refractivity contribution in [3.05, 3.63) is 0 Å². The monoisotopic (exact) mass is 1790 g/mol. The smallest absolute Gasteiger partial charge is 0.430 e. The Morgan fingerprint density at radius 3 is 0.644 bits per heavy atom. The molecule has 0 unspecified atom stereocenters. The molecule has 3 saturated heterocycles. The van der Waals surface area contributed by atoms with Crippen molar-refractivity contribution in [1.82, 2.24) is 15.2 Å². The number of carbonyl (C=O) groups is 8. The van der Waals surface area contributed by atoms with Crippen LogP contribution in [-0.4, -0.2) is 240 Å². The first-order valence-corrected chi connectivity index (χ1v) is 43.3. The number of hydrogen-bond acceptors (Lipinski definition) is 25. The maximum atomic E-state index is 11.5. The minimum atomic E-state index is -1.48. The molecule has 6 amide bonds. The summed E-state index contributed by atoms with van der Waals surface area (Å²) in [6.07, 6.45) is 35.6. The number of hydroxylamine groups is 6. The summed E-state index contributed by atoms with van der Waals surface area (Å²) in [4.78, 5) is 103. The number of unbranched alkanes of at least 4 members (excludes halogenated alkanes) is 26. The van der Waals surface area contributed by atoms with E-state index in [1.165, 1.54) is 167 Å². The van der Waals surface area contributed by atoms with E-state index in [1.54, 1.807) is 0 Å². The summed E-state index contributed by atoms with van der Waals surface area (Å²) in [6, 6.07) is 0. The van der Waals surface area contributed by atoms with Crippen LogP contribution in [0.2, 0.25) is 0 Å². The third-order valence-electron chi connectivity index (χ3n) is 15.2. The number of halogens is 3. The number of ether oxygens (including phenoxy) is 13. The second-order valence-electron chi connectivity index (χ2n) is 23.6. The van der Waals surface area contributed by atoms with Crippen molar-refractivity contribution in [2.45, 2.75) is 232 Å². The summed E-state index contributed by atoms with van der Waals surface area (Å²) in [5.74, 6) is -3.86. The van der Waals surface area contributed by atoms with Crippen LogP contribution < -0.4 is 0 Å². The van der Waals surface area contributed by atoms with E-state index in [0.717, 1.165) is 26.1 Å². The summed E-state index contributed by atoms with van der Waals surface area (Å²) in [5, 5.41) is 9.51. The molecule has 3 aliphatic heterocycles. The molecule has 0 aromatic rings. The lowest BCUT2D eigenvalue weighted by atomic mass is 10.0. The molecule has 101 heavy (non-hydrogen) atoms. The lowest BCUT2D eigenvalue weighted by Crippen LogP contribution is -2.37. The van der Waals surface area contributed by atoms with Crippen molar-refractivity contribution in [3.8, 4) is 0 Å². The predicted molar refractivity (Wildman–Crippen MR) is 404 cm³/mol. The SMILES string of the molecule is CCCCCCCCCCCCCCCCOCCOCCOCCOCCOCCOCCO.CCCCCCCCCCCCCCCCOCCOCCOCCOCCOCCOCCOC(=O)ON1C(=O)CCC1=O.I.II.O=C(ON1C(=O)CCC1=O)ON1C(=O)CCC1=O. The van der Waals surface area contributed by atoms with Gasteiger partial charge in [0.15, 0.2) is 0 Å². The average molecular weight is 1790 g/mol. The van der Waals surface area contributed by atoms with Gasteiger partial charge < -0.3 is 66.7 Å². The molecule has 0 aliphatic carbocycles. The molecule has 3 aliphatic rings. The van der Waals surface area contributed by atoms with Gasteiger partial charge >= 0.3 is 12.3 Å². The Hall–Kier alpha value is -2.37. The van der Waals surface area contributed by atoms with Crippen LogP contribution in [0, 0.1) is 0 Å². The normalized spacial score (nSPS) is 13.5. The summed E-state index contributed by atoms with van der Waals surface area (Å²) in [6.45, 7) is 17.1. The molecule has 28 nitrogen and oxygen atoms in total. The molecule has 0 saturated carbocycles. The first kappa shape index (κ1) is 101. The zero-order chi connectivity index (χ0) is 73.1. The maximum Gasteiger partial charge on any atom is 0.560 e. The highest BCUT2D eigenvalue weighted by Gasteiger charge is 2.38. The van der Waals surface area contributed by atoms with Crippen molar-refractivity contribution in [1.29, 1.82) is 0 Å². The van der Waals surface area contributed by atoms with Crippen LogP contribution >= 0.6 is 61.2 Å². The lowest BCUT2D eigenvalue weighted by molar-refractivity contribution is -0.198. The Balaban J connectivity index is 0. The fourth-order valence-corrected chi connectivity index (χ4v) is 9.69. The molecular formula is C70H128I3N3O25. The third-order valence-corrected chi connectivity index (χ3v) is 15.2. The molecule has 0 radical (unpaired) electrons. The number of hydrogen-bond donors (Lipinski definition) is 1. The zero-order valence-electron chi connectivity index (χ0n) is 61.2. The van der Waals surface area contributed by atoms with E-state index in [9.17, 15) is 38.4 Å². The Kier molecular flexibility index (Phi) is 79.9. The quantitative estimate of drug-likeness (QED) is 0.0256. The molecule has 0 aromatic heterocycles. The lowest BCUT2D eigenvalue weighted by Gasteiger charge is -2.15. The number of carbonyl (C=O) groups excluding carboxylic acids is 8. The molecule has 0 aromatic carbocycles. The Labute approximate surface area is 643 Å². The average Bonchev–Trinajstić information content (AvgIpc) is 1.73. The van der Waals surface area contributed by atoms with Crippen LogP contribution in [0.3, 0.4) is 0 Å². The van der Waals surface area contributed by atoms with Gasteiger partial charge in [-0.2, -0.15) is 4.79 Å². The Morgan fingerprint density at radius 2 is 0.436 bits per heavy atom. The van der Waals surface area contributed by atoms with Crippen LogP contribution in [0.15, 0.2) is 0 Å². The second kappa shape index (κ2) is 80.2. The van der Waals surface area contributed by atoms with Gasteiger partial charge in [-0.25, -0.2) is 4.79 Å². The minimum absolute atomic E-state index is 0. The fourth-order valence-electron chi connectivity index (χ4n) is 9.69. The van der Waals surface area contributed by atoms with E-state index < -0.39 is 47.8 Å². The van der Waals surface area contributed by atoms with Crippen molar-refractivity contribution in [2.75, 3.05) is 172 Å². The molecule has 31 heteroatoms. The number of imide groups is 3. The van der Waals surface area contributed by atoms with Gasteiger partial charge in [0.05, 0.1) is 152 Å². The van der Waals surface area contributed by atoms with Crippen molar-refractivity contribution >= 4 is 109 Å². The molecule has 0 bridgehead atoms. The van der Waals surface area contributed by atoms with Gasteiger partial charge in [-0.1, -0.05) is 196 Å². The summed E-state index contributed by atoms with van der Waals surface area (Å²) < 4.78 is 70.0. The van der Waals surface area contributed by atoms with Gasteiger partial charge in [0.25, 0.3) is 35.4 Å². The molecule has 0 atom stereocenters. The van der Waals surface area contributed by atoms with Crippen LogP contribution in [0.1, 0.15) is 232 Å². The molecule has 0 spiro atoms. The summed E-state index contributed by atoms with van der Waals surface area (Å²) >= 11 is 4.24. The predicted octanol–water partition coefficient (Wildman–Crippen LogP) is 13.0. The van der Waals surface area contributed by atoms with Crippen molar-refractivity contribution in [2.24, 2.45) is 0 Å². The summed E-state index contributed by atoms with van der Waals surface area (Å²) in [5.41, 5.74) is 0. The van der Waals surface area contributed by atoms with Gasteiger partial charge in [-0.05, 0) is 12.8 Å². The Morgan fingerprint density at radius 1 is 0.267 bits per heavy atom. The van der Waals surface area contributed by atoms with Gasteiger partial charge in [0.2, 0.25) is 0 Å². The third kappa shape index (κ3) is 66.8. The number of amides is 6. The summed E-state index contributed by atoms with van der Waals surface area (Å²) in [7, 11) is 0. The van der Waals surface area contributed by atoms with Crippen LogP contribution in [0.5, 0.6) is 0 Å². The molecule has 3 rings (SSSR count). The standard InChI is InChI=1S/C33H61NO11.C28H58O7.C9H8N2O7.I2.HI/c1-2-3-4-5-6-7-8-9-10-11-12-13-14-15-18-38-19-20-39-21-22-40-23-24-41-25-26-42-27-28-43-29-30-44-33(37)45-34-31(35)16-17-32(34)36;1-2-3-4-5-6-7-8-9-10-11-12-13-14-15-17-30-19-21-32-23-25-34-27-28-35-26-24-33-22-20-31-18-16-29;12-5-1-2-6(13)10(5)17-9(16)18-11-7(14)3-4-8(11)15;1-2;/h2-30H2,1H3;29H,2-28H2,1H3;1-4H2;;1H. The van der Waals surface area contributed by atoms with E-state index in [1.807, 2.05) is 0 Å². The second-order valence-corrected chi connectivity index (χ2v) is 23.6. The van der Waals surface area contributed by atoms with Gasteiger partial charge in [-0.15, -0.1) is 24.0 Å². The van der Waals surface area contributed by atoms with E-state index in [4.69, 9.17) is 66.7 Å². The highest BCUT2D eigenvalue weighted by Crippen LogP contribution is 2.18. The van der Waals surface area contributed by atoms with Gasteiger partial charge in [-0.3, -0.25) is 43.3 Å². The largest absolute Gasteiger partial charge is 0.560 e. The fraction of sp³-hybridized carbons (Fsp3) is 0.886. The maximum absolute atomic E-state index is 11.5. The Bertz CT molecular complexity index is 1840. The number of aliphatic hydroxyl groups is 1. The van der Waals surface area contributed by atoms with Crippen molar-refractivity contribution in [3.63, 3.8) is 0 Å². The van der Waals surface area contributed by atoms with Gasteiger partial charge in [0, 0.05) is 89.0 Å². The molecule has 1 N–H and O–H groups in total. The molecule has 594 valence electrons. The number of nitrogens with zero attached hydrogens (tertiary/aromatic N) is 3. The number of rotatable bonds is 68. The number of aliphatic hydroxyl groups excluding tert-OH is 1. The highest BCUT2D eigenvalue weighted by molar-refractivity contribution is 15.0.